The van der Waals surface area contributed by atoms with Crippen LogP contribution in [0.1, 0.15) is 112 Å². The predicted octanol–water partition coefficient (Wildman–Crippen LogP) is 17.1. The van der Waals surface area contributed by atoms with Crippen molar-refractivity contribution in [1.82, 2.24) is 9.55 Å². The maximum atomic E-state index is 9.16. The summed E-state index contributed by atoms with van der Waals surface area (Å²) in [5, 5.41) is 4.07. The van der Waals surface area contributed by atoms with Crippen molar-refractivity contribution >= 4 is 43.7 Å². The number of aromatic nitrogens is 3. The van der Waals surface area contributed by atoms with Gasteiger partial charge in [0.2, 0.25) is 0 Å². The number of furan rings is 1. The van der Waals surface area contributed by atoms with Crippen LogP contribution in [-0.4, -0.2) is 9.55 Å². The van der Waals surface area contributed by atoms with Gasteiger partial charge < -0.3 is 18.7 Å². The van der Waals surface area contributed by atoms with Crippen LogP contribution >= 0.6 is 0 Å². The number of rotatable bonds is 7. The van der Waals surface area contributed by atoms with Gasteiger partial charge in [-0.3, -0.25) is 4.57 Å². The SMILES string of the molecule is [2H]c1c([2H])c([2H])c(-c2cccc(-c3c([2H])c([2H])c([2H])c([2H])c3[2H])c2-[n+]2[c-]n(-c3[c-]c(Oc4[c-]c(-c5cc(C(C)(C)C)ccn5)c5oc6c7cccc8c7c(cc6c5c4)C(C)(C)CC8(C)C)cc(C(C)(C)C)c3)c3ccccc32)c([2H])c1[2H].[Pt]. The van der Waals surface area contributed by atoms with Crippen molar-refractivity contribution in [2.75, 3.05) is 0 Å². The van der Waals surface area contributed by atoms with Crippen LogP contribution in [0.5, 0.6) is 11.5 Å². The molecule has 5 nitrogen and oxygen atoms in total. The van der Waals surface area contributed by atoms with Crippen molar-refractivity contribution in [3.63, 3.8) is 0 Å². The average Bonchev–Trinajstić information content (AvgIpc) is 3.68. The minimum atomic E-state index is -0.576. The number of para-hydroxylation sites is 3. The van der Waals surface area contributed by atoms with Crippen LogP contribution in [0.2, 0.25) is 0 Å². The van der Waals surface area contributed by atoms with E-state index in [-0.39, 0.29) is 65.3 Å². The summed E-state index contributed by atoms with van der Waals surface area (Å²) in [4.78, 5) is 4.95. The van der Waals surface area contributed by atoms with Crippen molar-refractivity contribution in [2.45, 2.75) is 97.3 Å². The van der Waals surface area contributed by atoms with Crippen molar-refractivity contribution in [3.8, 4) is 56.4 Å². The average molecular weight is 1140 g/mol. The third-order valence-electron chi connectivity index (χ3n) is 14.3. The first-order valence-corrected chi connectivity index (χ1v) is 24.4. The number of nitrogens with zero attached hydrogens (tertiary/aromatic N) is 3. The zero-order chi connectivity index (χ0) is 58.6. The summed E-state index contributed by atoms with van der Waals surface area (Å²) in [5.41, 5.74) is 8.21. The van der Waals surface area contributed by atoms with Crippen molar-refractivity contribution in [1.29, 1.82) is 0 Å². The van der Waals surface area contributed by atoms with E-state index >= 15 is 0 Å². The van der Waals surface area contributed by atoms with Gasteiger partial charge in [0.15, 0.2) is 0 Å². The molecule has 6 heteroatoms. The molecule has 0 saturated carbocycles. The summed E-state index contributed by atoms with van der Waals surface area (Å²) >= 11 is 0. The van der Waals surface area contributed by atoms with E-state index in [1.807, 2.05) is 54.7 Å². The molecule has 0 amide bonds. The minimum Gasteiger partial charge on any atom is -0.503 e. The maximum Gasteiger partial charge on any atom is 0.268 e. The Morgan fingerprint density at radius 1 is 0.644 bits per heavy atom. The van der Waals surface area contributed by atoms with Crippen LogP contribution in [0.3, 0.4) is 0 Å². The second-order valence-electron chi connectivity index (χ2n) is 22.4. The van der Waals surface area contributed by atoms with Crippen LogP contribution < -0.4 is 9.30 Å². The van der Waals surface area contributed by atoms with Gasteiger partial charge in [-0.1, -0.05) is 219 Å². The van der Waals surface area contributed by atoms with Crippen LogP contribution in [0, 0.1) is 18.5 Å². The van der Waals surface area contributed by atoms with Crippen LogP contribution in [0.15, 0.2) is 168 Å². The van der Waals surface area contributed by atoms with Gasteiger partial charge in [-0.2, -0.15) is 11.6 Å². The molecule has 12 rings (SSSR count). The largest absolute Gasteiger partial charge is 0.503 e. The Morgan fingerprint density at radius 2 is 1.27 bits per heavy atom. The van der Waals surface area contributed by atoms with Gasteiger partial charge in [0.05, 0.1) is 36.0 Å². The Labute approximate surface area is 457 Å². The number of pyridine rings is 1. The predicted molar refractivity (Wildman–Crippen MR) is 295 cm³/mol. The van der Waals surface area contributed by atoms with E-state index in [9.17, 15) is 0 Å². The molecule has 11 aromatic rings. The maximum absolute atomic E-state index is 9.16. The van der Waals surface area contributed by atoms with Gasteiger partial charge in [-0.25, -0.2) is 0 Å². The van der Waals surface area contributed by atoms with E-state index in [0.717, 1.165) is 39.3 Å². The van der Waals surface area contributed by atoms with Gasteiger partial charge >= 0.3 is 0 Å². The Balaban J connectivity index is 0.00000721. The first-order chi connectivity index (χ1) is 38.6. The fraction of sp³-hybridized carbons (Fsp3) is 0.224. The van der Waals surface area contributed by atoms with E-state index < -0.39 is 65.8 Å². The topological polar surface area (TPSA) is 44.1 Å². The summed E-state index contributed by atoms with van der Waals surface area (Å²) < 4.78 is 106. The van der Waals surface area contributed by atoms with Crippen molar-refractivity contribution in [3.05, 3.63) is 204 Å². The van der Waals surface area contributed by atoms with Crippen molar-refractivity contribution < 1.29 is 48.5 Å². The first kappa shape index (κ1) is 37.6. The monoisotopic (exact) mass is 1140 g/mol. The Morgan fingerprint density at radius 3 is 1.96 bits per heavy atom. The molecule has 0 aliphatic heterocycles. The fourth-order valence-electron chi connectivity index (χ4n) is 11.0. The quantitative estimate of drug-likeness (QED) is 0.118. The fourth-order valence-corrected chi connectivity index (χ4v) is 11.0. The Hall–Kier alpha value is -7.07. The van der Waals surface area contributed by atoms with E-state index in [1.165, 1.54) is 16.5 Å². The summed E-state index contributed by atoms with van der Waals surface area (Å²) in [7, 11) is 0. The molecule has 1 aliphatic rings. The van der Waals surface area contributed by atoms with Gasteiger partial charge in [0, 0.05) is 49.5 Å². The first-order valence-electron chi connectivity index (χ1n) is 29.4. The third-order valence-corrected chi connectivity index (χ3v) is 14.3. The number of ether oxygens (including phenoxy) is 1. The summed E-state index contributed by atoms with van der Waals surface area (Å²) in [6, 6.07) is 33.0. The van der Waals surface area contributed by atoms with Crippen LogP contribution in [0.25, 0.3) is 88.6 Å². The van der Waals surface area contributed by atoms with Gasteiger partial charge in [-0.15, -0.1) is 12.1 Å². The molecule has 73 heavy (non-hydrogen) atoms. The minimum absolute atomic E-state index is 0. The normalized spacial score (nSPS) is 16.1. The summed E-state index contributed by atoms with van der Waals surface area (Å²) in [5.74, 6) is 0.760. The van der Waals surface area contributed by atoms with Gasteiger partial charge in [0.25, 0.3) is 6.33 Å². The van der Waals surface area contributed by atoms with Crippen molar-refractivity contribution in [2.24, 2.45) is 0 Å². The number of imidazole rings is 1. The second kappa shape index (κ2) is 17.6. The number of fused-ring (bicyclic) bond motifs is 5. The molecule has 0 spiro atoms. The van der Waals surface area contributed by atoms with E-state index in [1.54, 1.807) is 27.3 Å². The molecular formula is C67H59N3O2Pt-2. The molecule has 8 aromatic carbocycles. The zero-order valence-corrected chi connectivity index (χ0v) is 44.8. The molecule has 0 bridgehead atoms. The molecule has 3 aromatic heterocycles. The van der Waals surface area contributed by atoms with E-state index in [2.05, 4.69) is 118 Å². The summed E-state index contributed by atoms with van der Waals surface area (Å²) in [6.45, 7) is 22.1. The molecule has 0 saturated heterocycles. The Kier molecular flexibility index (Phi) is 9.05. The third kappa shape index (κ3) is 8.31. The number of hydrogen-bond donors (Lipinski definition) is 0. The van der Waals surface area contributed by atoms with Gasteiger partial charge in [-0.05, 0) is 95.9 Å². The number of hydrogen-bond acceptors (Lipinski definition) is 3. The molecule has 0 unspecified atom stereocenters. The molecular weight excluding hydrogens is 1070 g/mol. The molecule has 0 radical (unpaired) electrons. The number of benzene rings is 8. The summed E-state index contributed by atoms with van der Waals surface area (Å²) in [6.07, 6.45) is 6.31. The zero-order valence-electron chi connectivity index (χ0n) is 52.5. The molecule has 0 N–H and O–H groups in total. The molecule has 1 aliphatic carbocycles. The molecule has 366 valence electrons. The van der Waals surface area contributed by atoms with E-state index in [4.69, 9.17) is 27.8 Å². The van der Waals surface area contributed by atoms with E-state index in [0.29, 0.717) is 45.1 Å². The second-order valence-corrected chi connectivity index (χ2v) is 22.4. The van der Waals surface area contributed by atoms with Crippen LogP contribution in [0.4, 0.5) is 0 Å². The van der Waals surface area contributed by atoms with Gasteiger partial charge in [0.1, 0.15) is 5.58 Å². The molecule has 0 atom stereocenters. The molecule has 0 fully saturated rings. The standard InChI is InChI=1S/C67H59N3O2.Pt/c1-64(2,3)44-31-32-68-57(35-44)54-38-48(37-52-53-39-56-60-51(62(53)72-63(52)54)27-20-28-55(60)66(7,8)40-67(56,9)10)71-47-34-45(65(4,5)6)33-46(36-47)69-41-70(59-30-18-17-29-58(59)69)61-49(42-21-13-11-14-22-42)25-19-26-50(61)43-23-15-12-16-24-43;/h11-35,37,39H,40H2,1-10H3;/q-2;/i11D,12D,13D,14D,15D,16D,21D,22D,23D,24D;. The Bertz CT molecular complexity index is 4420. The van der Waals surface area contributed by atoms with Crippen LogP contribution in [-0.2, 0) is 42.7 Å². The smallest absolute Gasteiger partial charge is 0.268 e. The molecule has 3 heterocycles.